The van der Waals surface area contributed by atoms with Gasteiger partial charge in [0.2, 0.25) is 0 Å². The van der Waals surface area contributed by atoms with Gasteiger partial charge >= 0.3 is 0 Å². The van der Waals surface area contributed by atoms with E-state index in [4.69, 9.17) is 11.6 Å². The second-order valence-corrected chi connectivity index (χ2v) is 6.67. The maximum Gasteiger partial charge on any atom is 0.257 e. The molecular formula is C10H18ClN3O2S. The maximum absolute atomic E-state index is 11.9. The van der Waals surface area contributed by atoms with Crippen LogP contribution in [0.3, 0.4) is 0 Å². The number of sulfonamides is 1. The molecule has 0 bridgehead atoms. The smallest absolute Gasteiger partial charge is 0.257 e. The molecule has 1 aromatic rings. The van der Waals surface area contributed by atoms with Gasteiger partial charge in [-0.25, -0.2) is 18.1 Å². The largest absolute Gasteiger partial charge is 0.332 e. The lowest BCUT2D eigenvalue weighted by molar-refractivity contribution is 0.413. The summed E-state index contributed by atoms with van der Waals surface area (Å²) in [6.45, 7) is 5.98. The SMILES string of the molecule is CCc1ncc(S(=O)(=O)NCC(C)(C)CCl)[nH]1. The van der Waals surface area contributed by atoms with Crippen molar-refractivity contribution >= 4 is 21.6 Å². The predicted octanol–water partition coefficient (Wildman–Crippen LogP) is 1.52. The summed E-state index contributed by atoms with van der Waals surface area (Å²) in [6, 6.07) is 0. The van der Waals surface area contributed by atoms with Gasteiger partial charge in [0.25, 0.3) is 10.0 Å². The highest BCUT2D eigenvalue weighted by Crippen LogP contribution is 2.16. The van der Waals surface area contributed by atoms with Crippen molar-refractivity contribution in [3.05, 3.63) is 12.0 Å². The van der Waals surface area contributed by atoms with Gasteiger partial charge < -0.3 is 4.98 Å². The first kappa shape index (κ1) is 14.5. The van der Waals surface area contributed by atoms with E-state index in [0.29, 0.717) is 24.7 Å². The molecule has 5 nitrogen and oxygen atoms in total. The van der Waals surface area contributed by atoms with E-state index >= 15 is 0 Å². The summed E-state index contributed by atoms with van der Waals surface area (Å²) in [5.74, 6) is 1.04. The third kappa shape index (κ3) is 3.97. The predicted molar refractivity (Wildman–Crippen MR) is 67.7 cm³/mol. The van der Waals surface area contributed by atoms with Gasteiger partial charge in [0.05, 0.1) is 6.20 Å². The molecule has 0 radical (unpaired) electrons. The number of alkyl halides is 1. The molecule has 0 saturated carbocycles. The van der Waals surface area contributed by atoms with Crippen molar-refractivity contribution in [2.45, 2.75) is 32.2 Å². The van der Waals surface area contributed by atoms with Gasteiger partial charge in [0, 0.05) is 18.8 Å². The van der Waals surface area contributed by atoms with Crippen LogP contribution in [-0.2, 0) is 16.4 Å². The van der Waals surface area contributed by atoms with Crippen molar-refractivity contribution in [1.29, 1.82) is 0 Å². The minimum absolute atomic E-state index is 0.0970. The summed E-state index contributed by atoms with van der Waals surface area (Å²) < 4.78 is 26.3. The number of rotatable bonds is 6. The molecule has 7 heteroatoms. The second kappa shape index (κ2) is 5.37. The summed E-state index contributed by atoms with van der Waals surface area (Å²) in [4.78, 5) is 6.73. The third-order valence-corrected chi connectivity index (χ3v) is 4.37. The number of nitrogens with zero attached hydrogens (tertiary/aromatic N) is 1. The van der Waals surface area contributed by atoms with Crippen LogP contribution in [0.4, 0.5) is 0 Å². The van der Waals surface area contributed by atoms with E-state index in [1.807, 2.05) is 20.8 Å². The van der Waals surface area contributed by atoms with E-state index in [9.17, 15) is 8.42 Å². The van der Waals surface area contributed by atoms with Crippen LogP contribution in [-0.4, -0.2) is 30.8 Å². The number of aromatic nitrogens is 2. The molecule has 0 fully saturated rings. The number of imidazole rings is 1. The zero-order valence-electron chi connectivity index (χ0n) is 10.2. The van der Waals surface area contributed by atoms with Gasteiger partial charge in [0.15, 0.2) is 5.03 Å². The Morgan fingerprint density at radius 3 is 2.65 bits per heavy atom. The number of halogens is 1. The standard InChI is InChI=1S/C10H18ClN3O2S/c1-4-8-12-5-9(14-8)17(15,16)13-7-10(2,3)6-11/h5,13H,4,6-7H2,1-3H3,(H,12,14). The van der Waals surface area contributed by atoms with Crippen molar-refractivity contribution in [3.8, 4) is 0 Å². The molecule has 0 atom stereocenters. The zero-order valence-corrected chi connectivity index (χ0v) is 11.8. The van der Waals surface area contributed by atoms with E-state index in [1.54, 1.807) is 0 Å². The molecule has 0 spiro atoms. The van der Waals surface area contributed by atoms with Crippen LogP contribution < -0.4 is 4.72 Å². The van der Waals surface area contributed by atoms with Crippen molar-refractivity contribution in [3.63, 3.8) is 0 Å². The van der Waals surface area contributed by atoms with Crippen molar-refractivity contribution < 1.29 is 8.42 Å². The molecule has 1 rings (SSSR count). The molecule has 0 saturated heterocycles. The van der Waals surface area contributed by atoms with Crippen LogP contribution in [0.25, 0.3) is 0 Å². The summed E-state index contributed by atoms with van der Waals surface area (Å²) in [7, 11) is -3.52. The molecule has 2 N–H and O–H groups in total. The molecule has 1 heterocycles. The molecule has 17 heavy (non-hydrogen) atoms. The van der Waals surface area contributed by atoms with Gasteiger partial charge in [-0.15, -0.1) is 11.6 Å². The van der Waals surface area contributed by atoms with Crippen LogP contribution in [0.1, 0.15) is 26.6 Å². The fourth-order valence-corrected chi connectivity index (χ4v) is 2.35. The van der Waals surface area contributed by atoms with E-state index in [-0.39, 0.29) is 10.4 Å². The lowest BCUT2D eigenvalue weighted by Crippen LogP contribution is -2.35. The van der Waals surface area contributed by atoms with Gasteiger partial charge in [-0.3, -0.25) is 0 Å². The number of nitrogens with one attached hydrogen (secondary N) is 2. The van der Waals surface area contributed by atoms with Gasteiger partial charge in [-0.2, -0.15) is 0 Å². The van der Waals surface area contributed by atoms with Crippen molar-refractivity contribution in [2.24, 2.45) is 5.41 Å². The Hall–Kier alpha value is -0.590. The van der Waals surface area contributed by atoms with E-state index in [1.165, 1.54) is 6.20 Å². The number of H-pyrrole nitrogens is 1. The van der Waals surface area contributed by atoms with E-state index in [2.05, 4.69) is 14.7 Å². The van der Waals surface area contributed by atoms with Gasteiger partial charge in [0.1, 0.15) is 5.82 Å². The Balaban J connectivity index is 2.76. The van der Waals surface area contributed by atoms with Crippen LogP contribution in [0.2, 0.25) is 0 Å². The lowest BCUT2D eigenvalue weighted by Gasteiger charge is -2.21. The highest BCUT2D eigenvalue weighted by atomic mass is 35.5. The molecular weight excluding hydrogens is 262 g/mol. The topological polar surface area (TPSA) is 74.8 Å². The summed E-state index contributed by atoms with van der Waals surface area (Å²) in [5.41, 5.74) is -0.276. The maximum atomic E-state index is 11.9. The number of hydrogen-bond acceptors (Lipinski definition) is 3. The summed E-state index contributed by atoms with van der Waals surface area (Å²) in [5, 5.41) is 0.0970. The Morgan fingerprint density at radius 1 is 1.53 bits per heavy atom. The van der Waals surface area contributed by atoms with E-state index in [0.717, 1.165) is 0 Å². The van der Waals surface area contributed by atoms with Crippen molar-refractivity contribution in [1.82, 2.24) is 14.7 Å². The first-order valence-electron chi connectivity index (χ1n) is 5.40. The molecule has 1 aromatic heterocycles. The summed E-state index contributed by atoms with van der Waals surface area (Å²) in [6.07, 6.45) is 2.00. The molecule has 0 unspecified atom stereocenters. The highest BCUT2D eigenvalue weighted by Gasteiger charge is 2.22. The van der Waals surface area contributed by atoms with Crippen LogP contribution in [0, 0.1) is 5.41 Å². The highest BCUT2D eigenvalue weighted by molar-refractivity contribution is 7.89. The Labute approximate surface area is 107 Å². The minimum Gasteiger partial charge on any atom is -0.332 e. The first-order valence-corrected chi connectivity index (χ1v) is 7.42. The fraction of sp³-hybridized carbons (Fsp3) is 0.700. The molecule has 98 valence electrons. The van der Waals surface area contributed by atoms with Crippen LogP contribution >= 0.6 is 11.6 Å². The van der Waals surface area contributed by atoms with Crippen LogP contribution in [0.5, 0.6) is 0 Å². The third-order valence-electron chi connectivity index (χ3n) is 2.33. The number of aryl methyl sites for hydroxylation is 1. The van der Waals surface area contributed by atoms with E-state index < -0.39 is 10.0 Å². The first-order chi connectivity index (χ1) is 7.80. The average molecular weight is 280 g/mol. The average Bonchev–Trinajstić information content (AvgIpc) is 2.76. The second-order valence-electron chi connectivity index (χ2n) is 4.67. The quantitative estimate of drug-likeness (QED) is 0.775. The molecule has 0 aliphatic rings. The molecule has 0 aliphatic heterocycles. The van der Waals surface area contributed by atoms with Crippen molar-refractivity contribution in [2.75, 3.05) is 12.4 Å². The molecule has 0 aromatic carbocycles. The normalized spacial score (nSPS) is 12.9. The Kier molecular flexibility index (Phi) is 4.57. The fourth-order valence-electron chi connectivity index (χ4n) is 1.07. The zero-order chi connectivity index (χ0) is 13.1. The molecule has 0 aliphatic carbocycles. The Morgan fingerprint density at radius 2 is 2.18 bits per heavy atom. The monoisotopic (exact) mass is 279 g/mol. The minimum atomic E-state index is -3.52. The van der Waals surface area contributed by atoms with Gasteiger partial charge in [-0.1, -0.05) is 20.8 Å². The molecule has 0 amide bonds. The lowest BCUT2D eigenvalue weighted by atomic mass is 9.97. The number of aromatic amines is 1. The van der Waals surface area contributed by atoms with Crippen LogP contribution in [0.15, 0.2) is 11.2 Å². The summed E-state index contributed by atoms with van der Waals surface area (Å²) >= 11 is 5.74. The van der Waals surface area contributed by atoms with Gasteiger partial charge in [-0.05, 0) is 5.41 Å². The Bertz CT molecular complexity index is 468. The number of hydrogen-bond donors (Lipinski definition) is 2.